The van der Waals surface area contributed by atoms with E-state index >= 15 is 0 Å². The molecular formula is C22H24N4O5S. The van der Waals surface area contributed by atoms with Gasteiger partial charge in [0.15, 0.2) is 0 Å². The summed E-state index contributed by atoms with van der Waals surface area (Å²) in [6.07, 6.45) is 0. The van der Waals surface area contributed by atoms with Crippen LogP contribution in [0.3, 0.4) is 0 Å². The fourth-order valence-electron chi connectivity index (χ4n) is 4.03. The van der Waals surface area contributed by atoms with E-state index in [0.717, 1.165) is 4.90 Å². The number of primary sulfonamides is 1. The SMILES string of the molecule is NS(=O)(=O)c1ccc(N2C(=O)C(c3ccccc3)=C(N3CCN(CCO)CC3)C2=O)cc1. The Morgan fingerprint density at radius 2 is 1.50 bits per heavy atom. The summed E-state index contributed by atoms with van der Waals surface area (Å²) in [6.45, 7) is 3.05. The number of hydrogen-bond donors (Lipinski definition) is 2. The minimum atomic E-state index is -3.89. The van der Waals surface area contributed by atoms with E-state index in [1.165, 1.54) is 24.3 Å². The molecule has 0 atom stereocenters. The van der Waals surface area contributed by atoms with Gasteiger partial charge in [0.1, 0.15) is 5.70 Å². The van der Waals surface area contributed by atoms with Crippen molar-refractivity contribution in [2.45, 2.75) is 4.90 Å². The van der Waals surface area contributed by atoms with Crippen molar-refractivity contribution in [3.8, 4) is 0 Å². The highest BCUT2D eigenvalue weighted by atomic mass is 32.2. The predicted octanol–water partition coefficient (Wildman–Crippen LogP) is 0.228. The molecular weight excluding hydrogens is 432 g/mol. The molecule has 2 heterocycles. The van der Waals surface area contributed by atoms with Crippen LogP contribution < -0.4 is 10.0 Å². The van der Waals surface area contributed by atoms with Crippen LogP contribution in [-0.2, 0) is 19.6 Å². The molecule has 0 spiro atoms. The number of piperazine rings is 1. The van der Waals surface area contributed by atoms with E-state index in [-0.39, 0.29) is 17.2 Å². The number of carbonyl (C=O) groups is 2. The number of amides is 2. The molecule has 0 aliphatic carbocycles. The third kappa shape index (κ3) is 4.17. The first-order valence-electron chi connectivity index (χ1n) is 10.2. The predicted molar refractivity (Wildman–Crippen MR) is 119 cm³/mol. The van der Waals surface area contributed by atoms with Gasteiger partial charge in [-0.05, 0) is 29.8 Å². The van der Waals surface area contributed by atoms with Crippen molar-refractivity contribution in [2.24, 2.45) is 5.14 Å². The average Bonchev–Trinajstić information content (AvgIpc) is 3.04. The minimum Gasteiger partial charge on any atom is -0.395 e. The standard InChI is InChI=1S/C22H24N4O5S/c23-32(30,31)18-8-6-17(7-9-18)26-21(28)19(16-4-2-1-3-5-16)20(22(26)29)25-12-10-24(11-13-25)14-15-27/h1-9,27H,10-15H2,(H2,23,30,31). The number of β-amino-alcohol motifs (C(OH)–C–C–N with tert-alkyl or cyclic N) is 1. The number of anilines is 1. The van der Waals surface area contributed by atoms with E-state index in [0.29, 0.717) is 49.6 Å². The van der Waals surface area contributed by atoms with Crippen LogP contribution >= 0.6 is 0 Å². The van der Waals surface area contributed by atoms with Crippen LogP contribution in [0.2, 0.25) is 0 Å². The number of aliphatic hydroxyl groups excluding tert-OH is 1. The Bertz CT molecular complexity index is 1150. The lowest BCUT2D eigenvalue weighted by atomic mass is 10.0. The molecule has 0 unspecified atom stereocenters. The highest BCUT2D eigenvalue weighted by molar-refractivity contribution is 7.89. The summed E-state index contributed by atoms with van der Waals surface area (Å²) in [5, 5.41) is 14.3. The van der Waals surface area contributed by atoms with Crippen LogP contribution in [0.15, 0.2) is 65.2 Å². The second-order valence-electron chi connectivity index (χ2n) is 7.63. The van der Waals surface area contributed by atoms with Gasteiger partial charge in [0.25, 0.3) is 11.8 Å². The van der Waals surface area contributed by atoms with Crippen LogP contribution in [0.5, 0.6) is 0 Å². The molecule has 2 aromatic carbocycles. The van der Waals surface area contributed by atoms with Gasteiger partial charge >= 0.3 is 0 Å². The Morgan fingerprint density at radius 1 is 0.875 bits per heavy atom. The molecule has 32 heavy (non-hydrogen) atoms. The number of benzene rings is 2. The van der Waals surface area contributed by atoms with E-state index in [1.54, 1.807) is 24.3 Å². The number of aliphatic hydroxyl groups is 1. The van der Waals surface area contributed by atoms with Gasteiger partial charge in [-0.2, -0.15) is 0 Å². The number of carbonyl (C=O) groups excluding carboxylic acids is 2. The van der Waals surface area contributed by atoms with E-state index in [9.17, 15) is 23.1 Å². The number of nitrogens with zero attached hydrogens (tertiary/aromatic N) is 3. The van der Waals surface area contributed by atoms with Crippen molar-refractivity contribution in [3.63, 3.8) is 0 Å². The number of sulfonamides is 1. The number of rotatable bonds is 6. The average molecular weight is 457 g/mol. The first-order chi connectivity index (χ1) is 15.3. The van der Waals surface area contributed by atoms with Crippen molar-refractivity contribution in [3.05, 3.63) is 65.9 Å². The van der Waals surface area contributed by atoms with Crippen molar-refractivity contribution in [1.29, 1.82) is 0 Å². The molecule has 0 radical (unpaired) electrons. The fraction of sp³-hybridized carbons (Fsp3) is 0.273. The normalized spacial score (nSPS) is 18.1. The van der Waals surface area contributed by atoms with Crippen LogP contribution in [0, 0.1) is 0 Å². The Balaban J connectivity index is 1.71. The summed E-state index contributed by atoms with van der Waals surface area (Å²) in [4.78, 5) is 31.9. The van der Waals surface area contributed by atoms with Gasteiger partial charge in [0.2, 0.25) is 10.0 Å². The van der Waals surface area contributed by atoms with Gasteiger partial charge in [-0.15, -0.1) is 0 Å². The number of nitrogens with two attached hydrogens (primary N) is 1. The van der Waals surface area contributed by atoms with Crippen molar-refractivity contribution < 1.29 is 23.1 Å². The second-order valence-corrected chi connectivity index (χ2v) is 9.19. The maximum atomic E-state index is 13.5. The zero-order valence-electron chi connectivity index (χ0n) is 17.3. The van der Waals surface area contributed by atoms with Crippen LogP contribution in [0.1, 0.15) is 5.56 Å². The molecule has 10 heteroatoms. The zero-order valence-corrected chi connectivity index (χ0v) is 18.2. The molecule has 2 aliphatic rings. The summed E-state index contributed by atoms with van der Waals surface area (Å²) in [6, 6.07) is 14.4. The quantitative estimate of drug-likeness (QED) is 0.596. The summed E-state index contributed by atoms with van der Waals surface area (Å²) >= 11 is 0. The highest BCUT2D eigenvalue weighted by Crippen LogP contribution is 2.35. The molecule has 1 fully saturated rings. The largest absolute Gasteiger partial charge is 0.395 e. The molecule has 2 amide bonds. The summed E-state index contributed by atoms with van der Waals surface area (Å²) in [7, 11) is -3.89. The first-order valence-corrected chi connectivity index (χ1v) is 11.8. The lowest BCUT2D eigenvalue weighted by Gasteiger charge is -2.36. The third-order valence-corrected chi connectivity index (χ3v) is 6.58. The molecule has 2 aromatic rings. The number of hydrogen-bond acceptors (Lipinski definition) is 7. The van der Waals surface area contributed by atoms with Gasteiger partial charge < -0.3 is 10.0 Å². The van der Waals surface area contributed by atoms with Gasteiger partial charge in [-0.3, -0.25) is 14.5 Å². The van der Waals surface area contributed by atoms with Crippen molar-refractivity contribution in [1.82, 2.24) is 9.80 Å². The zero-order chi connectivity index (χ0) is 22.9. The molecule has 0 bridgehead atoms. The number of imide groups is 1. The molecule has 0 saturated carbocycles. The minimum absolute atomic E-state index is 0.0671. The smallest absolute Gasteiger partial charge is 0.282 e. The van der Waals surface area contributed by atoms with E-state index in [4.69, 9.17) is 5.14 Å². The van der Waals surface area contributed by atoms with E-state index < -0.39 is 21.8 Å². The summed E-state index contributed by atoms with van der Waals surface area (Å²) < 4.78 is 23.1. The van der Waals surface area contributed by atoms with E-state index in [1.807, 2.05) is 11.0 Å². The molecule has 0 aromatic heterocycles. The fourth-order valence-corrected chi connectivity index (χ4v) is 4.55. The van der Waals surface area contributed by atoms with Gasteiger partial charge in [-0.1, -0.05) is 30.3 Å². The Labute approximate surface area is 186 Å². The van der Waals surface area contributed by atoms with Gasteiger partial charge in [-0.25, -0.2) is 18.5 Å². The van der Waals surface area contributed by atoms with Crippen LogP contribution in [0.4, 0.5) is 5.69 Å². The molecule has 1 saturated heterocycles. The lowest BCUT2D eigenvalue weighted by Crippen LogP contribution is -2.48. The van der Waals surface area contributed by atoms with E-state index in [2.05, 4.69) is 4.90 Å². The van der Waals surface area contributed by atoms with Crippen molar-refractivity contribution >= 4 is 33.1 Å². The Kier molecular flexibility index (Phi) is 6.11. The summed E-state index contributed by atoms with van der Waals surface area (Å²) in [5.74, 6) is -0.912. The lowest BCUT2D eigenvalue weighted by molar-refractivity contribution is -0.120. The van der Waals surface area contributed by atoms with Crippen molar-refractivity contribution in [2.75, 3.05) is 44.2 Å². The Hall–Kier alpha value is -3.05. The monoisotopic (exact) mass is 456 g/mol. The van der Waals surface area contributed by atoms with Crippen LogP contribution in [0.25, 0.3) is 5.57 Å². The maximum absolute atomic E-state index is 13.5. The van der Waals surface area contributed by atoms with Crippen LogP contribution in [-0.4, -0.2) is 74.5 Å². The molecule has 168 valence electrons. The maximum Gasteiger partial charge on any atom is 0.282 e. The highest BCUT2D eigenvalue weighted by Gasteiger charge is 2.43. The van der Waals surface area contributed by atoms with Gasteiger partial charge in [0.05, 0.1) is 22.8 Å². The second kappa shape index (κ2) is 8.83. The summed E-state index contributed by atoms with van der Waals surface area (Å²) in [5.41, 5.74) is 1.57. The van der Waals surface area contributed by atoms with Gasteiger partial charge in [0, 0.05) is 32.7 Å². The Morgan fingerprint density at radius 3 is 2.06 bits per heavy atom. The first kappa shape index (κ1) is 22.2. The molecule has 9 nitrogen and oxygen atoms in total. The molecule has 3 N–H and O–H groups in total. The third-order valence-electron chi connectivity index (χ3n) is 5.65. The molecule has 4 rings (SSSR count). The molecule has 2 aliphatic heterocycles. The topological polar surface area (TPSA) is 124 Å².